The molecular formula is C12H16O3. The molecule has 0 aromatic heterocycles. The fourth-order valence-corrected chi connectivity index (χ4v) is 1.80. The quantitative estimate of drug-likeness (QED) is 0.792. The van der Waals surface area contributed by atoms with Crippen LogP contribution in [-0.2, 0) is 6.42 Å². The fourth-order valence-electron chi connectivity index (χ4n) is 1.80. The molecule has 1 aliphatic carbocycles. The molecule has 1 aliphatic rings. The van der Waals surface area contributed by atoms with Gasteiger partial charge in [0.05, 0.1) is 7.11 Å². The lowest BCUT2D eigenvalue weighted by molar-refractivity contribution is 0.210. The van der Waals surface area contributed by atoms with Crippen molar-refractivity contribution in [3.8, 4) is 11.5 Å². The molecule has 1 aromatic rings. The average molecular weight is 208 g/mol. The molecule has 0 aliphatic heterocycles. The zero-order valence-corrected chi connectivity index (χ0v) is 8.86. The summed E-state index contributed by atoms with van der Waals surface area (Å²) in [5, 5.41) is 18.9. The van der Waals surface area contributed by atoms with Crippen LogP contribution in [0.5, 0.6) is 11.5 Å². The summed E-state index contributed by atoms with van der Waals surface area (Å²) < 4.78 is 5.10. The summed E-state index contributed by atoms with van der Waals surface area (Å²) in [6.07, 6.45) is 2.81. The SMILES string of the molecule is COc1ccc(O)c(CC2(CO)CC2)c1. The first-order chi connectivity index (χ1) is 7.19. The molecule has 0 spiro atoms. The van der Waals surface area contributed by atoms with E-state index in [0.29, 0.717) is 0 Å². The molecule has 0 amide bonds. The van der Waals surface area contributed by atoms with Crippen molar-refractivity contribution < 1.29 is 14.9 Å². The van der Waals surface area contributed by atoms with Gasteiger partial charge in [-0.25, -0.2) is 0 Å². The number of aromatic hydroxyl groups is 1. The molecule has 0 unspecified atom stereocenters. The first kappa shape index (κ1) is 10.3. The summed E-state index contributed by atoms with van der Waals surface area (Å²) in [5.74, 6) is 1.03. The molecule has 0 heterocycles. The molecule has 1 fully saturated rings. The van der Waals surface area contributed by atoms with Gasteiger partial charge >= 0.3 is 0 Å². The zero-order chi connectivity index (χ0) is 10.9. The normalized spacial score (nSPS) is 17.5. The van der Waals surface area contributed by atoms with Crippen LogP contribution in [0.25, 0.3) is 0 Å². The van der Waals surface area contributed by atoms with Gasteiger partial charge in [-0.2, -0.15) is 0 Å². The molecule has 2 N–H and O–H groups in total. The van der Waals surface area contributed by atoms with Crippen LogP contribution in [-0.4, -0.2) is 23.9 Å². The highest BCUT2D eigenvalue weighted by atomic mass is 16.5. The van der Waals surface area contributed by atoms with Crippen LogP contribution in [0.1, 0.15) is 18.4 Å². The van der Waals surface area contributed by atoms with Crippen molar-refractivity contribution >= 4 is 0 Å². The molecule has 0 saturated heterocycles. The Morgan fingerprint density at radius 3 is 2.67 bits per heavy atom. The third kappa shape index (κ3) is 2.07. The highest BCUT2D eigenvalue weighted by Gasteiger charge is 2.42. The van der Waals surface area contributed by atoms with Crippen LogP contribution in [0.4, 0.5) is 0 Å². The van der Waals surface area contributed by atoms with Crippen LogP contribution in [0.3, 0.4) is 0 Å². The standard InChI is InChI=1S/C12H16O3/c1-15-10-2-3-11(14)9(6-10)7-12(8-13)4-5-12/h2-3,6,13-14H,4-5,7-8H2,1H3. The molecule has 0 atom stereocenters. The van der Waals surface area contributed by atoms with Crippen molar-refractivity contribution in [2.24, 2.45) is 5.41 Å². The van der Waals surface area contributed by atoms with Gasteiger partial charge in [-0.15, -0.1) is 0 Å². The maximum Gasteiger partial charge on any atom is 0.119 e. The summed E-state index contributed by atoms with van der Waals surface area (Å²) >= 11 is 0. The first-order valence-corrected chi connectivity index (χ1v) is 5.16. The minimum Gasteiger partial charge on any atom is -0.508 e. The Kier molecular flexibility index (Phi) is 2.57. The number of aliphatic hydroxyl groups excluding tert-OH is 1. The van der Waals surface area contributed by atoms with Gasteiger partial charge in [0.1, 0.15) is 11.5 Å². The van der Waals surface area contributed by atoms with E-state index in [0.717, 1.165) is 30.6 Å². The van der Waals surface area contributed by atoms with Crippen LogP contribution in [0.15, 0.2) is 18.2 Å². The van der Waals surface area contributed by atoms with E-state index in [2.05, 4.69) is 0 Å². The number of benzene rings is 1. The van der Waals surface area contributed by atoms with Crippen molar-refractivity contribution in [1.82, 2.24) is 0 Å². The van der Waals surface area contributed by atoms with Gasteiger partial charge in [0.25, 0.3) is 0 Å². The predicted molar refractivity (Wildman–Crippen MR) is 57.1 cm³/mol. The van der Waals surface area contributed by atoms with Gasteiger partial charge < -0.3 is 14.9 Å². The molecule has 0 bridgehead atoms. The molecule has 2 rings (SSSR count). The van der Waals surface area contributed by atoms with Crippen molar-refractivity contribution in [3.05, 3.63) is 23.8 Å². The van der Waals surface area contributed by atoms with E-state index in [4.69, 9.17) is 4.74 Å². The Morgan fingerprint density at radius 1 is 1.40 bits per heavy atom. The summed E-state index contributed by atoms with van der Waals surface area (Å²) in [7, 11) is 1.61. The smallest absolute Gasteiger partial charge is 0.119 e. The number of phenolic OH excluding ortho intramolecular Hbond substituents is 1. The summed E-state index contributed by atoms with van der Waals surface area (Å²) in [5.41, 5.74) is 0.880. The van der Waals surface area contributed by atoms with Crippen molar-refractivity contribution in [3.63, 3.8) is 0 Å². The number of rotatable bonds is 4. The topological polar surface area (TPSA) is 49.7 Å². The van der Waals surface area contributed by atoms with E-state index < -0.39 is 0 Å². The van der Waals surface area contributed by atoms with Crippen molar-refractivity contribution in [1.29, 1.82) is 0 Å². The average Bonchev–Trinajstić information content (AvgIpc) is 3.02. The Morgan fingerprint density at radius 2 is 2.13 bits per heavy atom. The second-order valence-electron chi connectivity index (χ2n) is 4.33. The summed E-state index contributed by atoms with van der Waals surface area (Å²) in [4.78, 5) is 0. The highest BCUT2D eigenvalue weighted by Crippen LogP contribution is 2.49. The van der Waals surface area contributed by atoms with Crippen LogP contribution < -0.4 is 4.74 Å². The molecule has 1 saturated carbocycles. The number of aliphatic hydroxyl groups is 1. The van der Waals surface area contributed by atoms with Crippen molar-refractivity contribution in [2.45, 2.75) is 19.3 Å². The van der Waals surface area contributed by atoms with E-state index in [1.165, 1.54) is 0 Å². The lowest BCUT2D eigenvalue weighted by Crippen LogP contribution is -2.10. The molecule has 15 heavy (non-hydrogen) atoms. The predicted octanol–water partition coefficient (Wildman–Crippen LogP) is 1.72. The number of ether oxygens (including phenoxy) is 1. The lowest BCUT2D eigenvalue weighted by Gasteiger charge is -2.13. The second kappa shape index (κ2) is 3.74. The van der Waals surface area contributed by atoms with E-state index in [9.17, 15) is 10.2 Å². The summed E-state index contributed by atoms with van der Waals surface area (Å²) in [6.45, 7) is 0.198. The lowest BCUT2D eigenvalue weighted by atomic mass is 9.96. The van der Waals surface area contributed by atoms with Gasteiger partial charge in [-0.3, -0.25) is 0 Å². The number of hydrogen-bond donors (Lipinski definition) is 2. The third-order valence-electron chi connectivity index (χ3n) is 3.14. The van der Waals surface area contributed by atoms with E-state index in [1.54, 1.807) is 19.2 Å². The molecule has 0 radical (unpaired) electrons. The molecular weight excluding hydrogens is 192 g/mol. The maximum absolute atomic E-state index is 9.68. The van der Waals surface area contributed by atoms with Crippen LogP contribution in [0.2, 0.25) is 0 Å². The fraction of sp³-hybridized carbons (Fsp3) is 0.500. The number of hydrogen-bond acceptors (Lipinski definition) is 3. The molecule has 3 nitrogen and oxygen atoms in total. The number of phenols is 1. The van der Waals surface area contributed by atoms with Crippen LogP contribution in [0, 0.1) is 5.41 Å². The Balaban J connectivity index is 2.19. The van der Waals surface area contributed by atoms with Gasteiger partial charge in [0.2, 0.25) is 0 Å². The third-order valence-corrected chi connectivity index (χ3v) is 3.14. The van der Waals surface area contributed by atoms with Gasteiger partial charge in [-0.05, 0) is 48.4 Å². The summed E-state index contributed by atoms with van der Waals surface area (Å²) in [6, 6.07) is 5.21. The maximum atomic E-state index is 9.68. The minimum atomic E-state index is 0.0177. The highest BCUT2D eigenvalue weighted by molar-refractivity contribution is 5.40. The minimum absolute atomic E-state index is 0.0177. The second-order valence-corrected chi connectivity index (χ2v) is 4.33. The van der Waals surface area contributed by atoms with Crippen LogP contribution >= 0.6 is 0 Å². The monoisotopic (exact) mass is 208 g/mol. The molecule has 3 heteroatoms. The van der Waals surface area contributed by atoms with Gasteiger partial charge in [-0.1, -0.05) is 0 Å². The first-order valence-electron chi connectivity index (χ1n) is 5.16. The van der Waals surface area contributed by atoms with E-state index >= 15 is 0 Å². The van der Waals surface area contributed by atoms with Crippen molar-refractivity contribution in [2.75, 3.05) is 13.7 Å². The Hall–Kier alpha value is -1.22. The van der Waals surface area contributed by atoms with Gasteiger partial charge in [0, 0.05) is 6.61 Å². The largest absolute Gasteiger partial charge is 0.508 e. The zero-order valence-electron chi connectivity index (χ0n) is 8.86. The van der Waals surface area contributed by atoms with E-state index in [-0.39, 0.29) is 17.8 Å². The molecule has 1 aromatic carbocycles. The Labute approximate surface area is 89.3 Å². The Bertz CT molecular complexity index is 356. The van der Waals surface area contributed by atoms with Gasteiger partial charge in [0.15, 0.2) is 0 Å². The molecule has 82 valence electrons. The van der Waals surface area contributed by atoms with E-state index in [1.807, 2.05) is 6.07 Å². The number of methoxy groups -OCH3 is 1.